The Hall–Kier alpha value is -3.62. The van der Waals surface area contributed by atoms with Crippen LogP contribution in [-0.2, 0) is 17.4 Å². The van der Waals surface area contributed by atoms with Gasteiger partial charge in [-0.25, -0.2) is 9.97 Å². The number of pyridine rings is 1. The third kappa shape index (κ3) is 7.24. The fourth-order valence-electron chi connectivity index (χ4n) is 4.15. The topological polar surface area (TPSA) is 59.0 Å². The van der Waals surface area contributed by atoms with Crippen LogP contribution in [0.5, 0.6) is 0 Å². The third-order valence-electron chi connectivity index (χ3n) is 6.52. The lowest BCUT2D eigenvalue weighted by Gasteiger charge is -2.24. The van der Waals surface area contributed by atoms with Crippen molar-refractivity contribution in [1.82, 2.24) is 15.0 Å². The molecule has 2 aromatic heterocycles. The molecule has 0 aliphatic heterocycles. The van der Waals surface area contributed by atoms with Crippen molar-refractivity contribution in [3.8, 4) is 11.1 Å². The number of halogens is 4. The minimum absolute atomic E-state index is 0.0366. The van der Waals surface area contributed by atoms with Crippen LogP contribution in [0.2, 0.25) is 0 Å². The van der Waals surface area contributed by atoms with Crippen LogP contribution in [-0.4, -0.2) is 34.1 Å². The number of benzene rings is 1. The van der Waals surface area contributed by atoms with E-state index in [4.69, 9.17) is 0 Å². The molecule has 1 amide bonds. The number of unbranched alkanes of at least 4 members (excludes halogenated alkanes) is 2. The van der Waals surface area contributed by atoms with Crippen molar-refractivity contribution < 1.29 is 22.4 Å². The number of hydrogen-bond acceptors (Lipinski definition) is 4. The molecule has 1 fully saturated rings. The summed E-state index contributed by atoms with van der Waals surface area (Å²) in [7, 11) is 0. The number of alkyl halides is 4. The highest BCUT2D eigenvalue weighted by molar-refractivity contribution is 6.05. The third-order valence-corrected chi connectivity index (χ3v) is 6.52. The van der Waals surface area contributed by atoms with Gasteiger partial charge in [-0.05, 0) is 61.9 Å². The van der Waals surface area contributed by atoms with Crippen LogP contribution in [0.4, 0.5) is 23.2 Å². The van der Waals surface area contributed by atoms with Crippen LogP contribution in [0.15, 0.2) is 67.1 Å². The van der Waals surface area contributed by atoms with Crippen molar-refractivity contribution in [2.75, 3.05) is 18.1 Å². The van der Waals surface area contributed by atoms with E-state index < -0.39 is 18.4 Å². The van der Waals surface area contributed by atoms with E-state index in [1.807, 2.05) is 24.3 Å². The van der Waals surface area contributed by atoms with E-state index in [-0.39, 0.29) is 17.9 Å². The van der Waals surface area contributed by atoms with Crippen molar-refractivity contribution >= 4 is 11.6 Å². The average molecular weight is 527 g/mol. The number of carbonyl (C=O) groups excluding carboxylic acids is 1. The lowest BCUT2D eigenvalue weighted by molar-refractivity contribution is -0.137. The summed E-state index contributed by atoms with van der Waals surface area (Å²) in [5, 5.41) is 0. The molecular formula is C29H30F4N4O. The van der Waals surface area contributed by atoms with Crippen molar-refractivity contribution in [2.24, 2.45) is 0 Å². The molecule has 0 N–H and O–H groups in total. The number of anilines is 1. The predicted octanol–water partition coefficient (Wildman–Crippen LogP) is 7.10. The second kappa shape index (κ2) is 12.3. The highest BCUT2D eigenvalue weighted by Crippen LogP contribution is 2.38. The van der Waals surface area contributed by atoms with E-state index >= 15 is 0 Å². The van der Waals surface area contributed by atoms with Crippen LogP contribution in [0.25, 0.3) is 11.1 Å². The summed E-state index contributed by atoms with van der Waals surface area (Å²) < 4.78 is 51.1. The van der Waals surface area contributed by atoms with Gasteiger partial charge in [-0.3, -0.25) is 14.2 Å². The molecule has 2 heterocycles. The Balaban J connectivity index is 1.40. The SMILES string of the molecule is C=C(CCF)C(=O)N(CCCCCc1ccc(C(F)(F)F)cn1)c1cccc(-c2cnc(C3CC3)nc2)c1. The summed E-state index contributed by atoms with van der Waals surface area (Å²) in [4.78, 5) is 27.6. The molecule has 1 aromatic carbocycles. The van der Waals surface area contributed by atoms with Crippen molar-refractivity contribution in [2.45, 2.75) is 57.0 Å². The fraction of sp³-hybridized carbons (Fsp3) is 0.379. The summed E-state index contributed by atoms with van der Waals surface area (Å²) in [5.41, 5.74) is 2.40. The number of rotatable bonds is 12. The fourth-order valence-corrected chi connectivity index (χ4v) is 4.15. The number of amides is 1. The highest BCUT2D eigenvalue weighted by atomic mass is 19.4. The van der Waals surface area contributed by atoms with Crippen molar-refractivity contribution in [3.05, 3.63) is 84.2 Å². The van der Waals surface area contributed by atoms with E-state index in [0.29, 0.717) is 43.1 Å². The number of nitrogens with zero attached hydrogens (tertiary/aromatic N) is 4. The molecule has 38 heavy (non-hydrogen) atoms. The first-order valence-electron chi connectivity index (χ1n) is 12.8. The Labute approximate surface area is 219 Å². The molecule has 0 radical (unpaired) electrons. The van der Waals surface area contributed by atoms with E-state index in [1.54, 1.807) is 17.3 Å². The maximum absolute atomic E-state index is 13.1. The maximum Gasteiger partial charge on any atom is 0.417 e. The van der Waals surface area contributed by atoms with Crippen molar-refractivity contribution in [1.29, 1.82) is 0 Å². The van der Waals surface area contributed by atoms with E-state index in [9.17, 15) is 22.4 Å². The Morgan fingerprint density at radius 2 is 1.74 bits per heavy atom. The normalized spacial score (nSPS) is 13.4. The first-order chi connectivity index (χ1) is 18.3. The summed E-state index contributed by atoms with van der Waals surface area (Å²) in [6, 6.07) is 9.93. The summed E-state index contributed by atoms with van der Waals surface area (Å²) in [6.45, 7) is 3.50. The van der Waals surface area contributed by atoms with Crippen LogP contribution in [0.3, 0.4) is 0 Å². The Bertz CT molecular complexity index is 1240. The molecule has 3 aromatic rings. The molecule has 1 saturated carbocycles. The van der Waals surface area contributed by atoms with Gasteiger partial charge < -0.3 is 4.90 Å². The molecule has 0 unspecified atom stereocenters. The molecular weight excluding hydrogens is 496 g/mol. The minimum Gasteiger partial charge on any atom is -0.309 e. The van der Waals surface area contributed by atoms with Gasteiger partial charge in [-0.15, -0.1) is 0 Å². The highest BCUT2D eigenvalue weighted by Gasteiger charge is 2.30. The lowest BCUT2D eigenvalue weighted by atomic mass is 10.1. The van der Waals surface area contributed by atoms with E-state index in [0.717, 1.165) is 48.5 Å². The molecule has 0 bridgehead atoms. The monoisotopic (exact) mass is 526 g/mol. The van der Waals surface area contributed by atoms with Crippen molar-refractivity contribution in [3.63, 3.8) is 0 Å². The van der Waals surface area contributed by atoms with Gasteiger partial charge in [0.1, 0.15) is 5.82 Å². The minimum atomic E-state index is -4.40. The van der Waals surface area contributed by atoms with E-state index in [1.165, 1.54) is 6.07 Å². The number of aryl methyl sites for hydroxylation is 1. The molecule has 200 valence electrons. The average Bonchev–Trinajstić information content (AvgIpc) is 3.76. The molecule has 4 rings (SSSR count). The second-order valence-electron chi connectivity index (χ2n) is 9.50. The molecule has 5 nitrogen and oxygen atoms in total. The van der Waals surface area contributed by atoms with Crippen LogP contribution in [0.1, 0.15) is 61.5 Å². The predicted molar refractivity (Wildman–Crippen MR) is 138 cm³/mol. The van der Waals surface area contributed by atoms with Gasteiger partial charge in [-0.1, -0.05) is 25.1 Å². The van der Waals surface area contributed by atoms with Gasteiger partial charge in [0.15, 0.2) is 0 Å². The van der Waals surface area contributed by atoms with E-state index in [2.05, 4.69) is 21.5 Å². The zero-order chi connectivity index (χ0) is 27.1. The zero-order valence-electron chi connectivity index (χ0n) is 21.1. The maximum atomic E-state index is 13.1. The standard InChI is InChI=1S/C29H30F4N4O/c1-20(13-14-30)28(38)37(15-4-2-3-7-25-12-11-24(19-34-25)29(31,32)33)26-8-5-6-22(16-26)23-17-35-27(36-18-23)21-9-10-21/h5-6,8,11-12,16-19,21H,1-4,7,9-10,13-15H2. The van der Waals surface area contributed by atoms with Crippen LogP contribution in [0, 0.1) is 0 Å². The molecule has 0 spiro atoms. The Morgan fingerprint density at radius 1 is 0.974 bits per heavy atom. The van der Waals surface area contributed by atoms with Gasteiger partial charge in [-0.2, -0.15) is 13.2 Å². The van der Waals surface area contributed by atoms with Gasteiger partial charge in [0.25, 0.3) is 5.91 Å². The smallest absolute Gasteiger partial charge is 0.309 e. The second-order valence-corrected chi connectivity index (χ2v) is 9.50. The summed E-state index contributed by atoms with van der Waals surface area (Å²) in [6.07, 6.45) is 4.87. The molecule has 1 aliphatic carbocycles. The Kier molecular flexibility index (Phi) is 8.86. The molecule has 9 heteroatoms. The van der Waals surface area contributed by atoms with Gasteiger partial charge in [0.2, 0.25) is 0 Å². The molecule has 0 atom stereocenters. The molecule has 1 aliphatic rings. The first-order valence-corrected chi connectivity index (χ1v) is 12.8. The first kappa shape index (κ1) is 27.4. The molecule has 0 saturated heterocycles. The Morgan fingerprint density at radius 3 is 2.37 bits per heavy atom. The van der Waals surface area contributed by atoms with Crippen LogP contribution >= 0.6 is 0 Å². The zero-order valence-corrected chi connectivity index (χ0v) is 21.1. The quantitative estimate of drug-likeness (QED) is 0.144. The number of aromatic nitrogens is 3. The van der Waals surface area contributed by atoms with Gasteiger partial charge in [0, 0.05) is 60.0 Å². The summed E-state index contributed by atoms with van der Waals surface area (Å²) >= 11 is 0. The van der Waals surface area contributed by atoms with Gasteiger partial charge in [0.05, 0.1) is 12.2 Å². The number of carbonyl (C=O) groups is 1. The summed E-state index contributed by atoms with van der Waals surface area (Å²) in [5.74, 6) is 0.986. The number of hydrogen-bond donors (Lipinski definition) is 0. The lowest BCUT2D eigenvalue weighted by Crippen LogP contribution is -2.33. The van der Waals surface area contributed by atoms with Crippen LogP contribution < -0.4 is 4.90 Å². The van der Waals surface area contributed by atoms with Gasteiger partial charge >= 0.3 is 6.18 Å². The largest absolute Gasteiger partial charge is 0.417 e.